The first-order valence-corrected chi connectivity index (χ1v) is 5.65. The van der Waals surface area contributed by atoms with Gasteiger partial charge in [-0.15, -0.1) is 0 Å². The van der Waals surface area contributed by atoms with Crippen LogP contribution in [0.5, 0.6) is 0 Å². The largest absolute Gasteiger partial charge is 0.376 e. The topological polar surface area (TPSA) is 53.7 Å². The Labute approximate surface area is 93.1 Å². The van der Waals surface area contributed by atoms with Crippen LogP contribution in [0.1, 0.15) is 27.7 Å². The quantitative estimate of drug-likeness (QED) is 0.632. The molecule has 0 saturated heterocycles. The summed E-state index contributed by atoms with van der Waals surface area (Å²) in [4.78, 5) is 0. The Morgan fingerprint density at radius 2 is 1.33 bits per heavy atom. The Kier molecular flexibility index (Phi) is 9.00. The van der Waals surface area contributed by atoms with Crippen molar-refractivity contribution in [2.45, 2.75) is 46.0 Å². The molecule has 3 unspecified atom stereocenters. The number of nitrogens with two attached hydrogens (primary N) is 1. The molecule has 0 aliphatic rings. The standard InChI is InChI=1S/C11H25NO3/c1-5-13-10(3)7-15-11(4)8-14-9(2)6-12/h9-11H,5-8,12H2,1-4H3. The molecule has 0 radical (unpaired) electrons. The molecule has 4 nitrogen and oxygen atoms in total. The van der Waals surface area contributed by atoms with Crippen LogP contribution in [0.4, 0.5) is 0 Å². The van der Waals surface area contributed by atoms with E-state index in [2.05, 4.69) is 0 Å². The van der Waals surface area contributed by atoms with E-state index < -0.39 is 0 Å². The van der Waals surface area contributed by atoms with Gasteiger partial charge < -0.3 is 19.9 Å². The minimum atomic E-state index is 0.0851. The second-order valence-corrected chi connectivity index (χ2v) is 3.79. The van der Waals surface area contributed by atoms with Crippen molar-refractivity contribution < 1.29 is 14.2 Å². The molecule has 0 aromatic carbocycles. The molecule has 2 N–H and O–H groups in total. The first-order valence-electron chi connectivity index (χ1n) is 5.65. The average Bonchev–Trinajstić information content (AvgIpc) is 2.23. The van der Waals surface area contributed by atoms with Gasteiger partial charge in [0.2, 0.25) is 0 Å². The molecule has 92 valence electrons. The normalized spacial score (nSPS) is 17.4. The van der Waals surface area contributed by atoms with Crippen LogP contribution in [-0.2, 0) is 14.2 Å². The molecule has 0 fully saturated rings. The first kappa shape index (κ1) is 14.8. The summed E-state index contributed by atoms with van der Waals surface area (Å²) in [6.45, 7) is 10.4. The Morgan fingerprint density at radius 1 is 0.867 bits per heavy atom. The molecule has 0 amide bonds. The summed E-state index contributed by atoms with van der Waals surface area (Å²) in [5.41, 5.74) is 5.43. The van der Waals surface area contributed by atoms with E-state index in [4.69, 9.17) is 19.9 Å². The van der Waals surface area contributed by atoms with Crippen molar-refractivity contribution in [3.63, 3.8) is 0 Å². The molecule has 0 bridgehead atoms. The van der Waals surface area contributed by atoms with Crippen LogP contribution in [0, 0.1) is 0 Å². The maximum atomic E-state index is 5.56. The highest BCUT2D eigenvalue weighted by Gasteiger charge is 2.08. The fourth-order valence-electron chi connectivity index (χ4n) is 1.05. The molecule has 0 heterocycles. The predicted octanol–water partition coefficient (Wildman–Crippen LogP) is 1.18. The molecule has 0 aliphatic carbocycles. The lowest BCUT2D eigenvalue weighted by molar-refractivity contribution is -0.0648. The summed E-state index contributed by atoms with van der Waals surface area (Å²) in [5.74, 6) is 0. The van der Waals surface area contributed by atoms with Crippen LogP contribution in [-0.4, -0.2) is 44.7 Å². The second kappa shape index (κ2) is 9.09. The second-order valence-electron chi connectivity index (χ2n) is 3.79. The van der Waals surface area contributed by atoms with Gasteiger partial charge in [0.1, 0.15) is 0 Å². The third-order valence-corrected chi connectivity index (χ3v) is 2.01. The minimum Gasteiger partial charge on any atom is -0.376 e. The molecule has 0 rings (SSSR count). The van der Waals surface area contributed by atoms with Crippen LogP contribution < -0.4 is 5.73 Å². The highest BCUT2D eigenvalue weighted by molar-refractivity contribution is 4.55. The van der Waals surface area contributed by atoms with Gasteiger partial charge in [-0.2, -0.15) is 0 Å². The summed E-state index contributed by atoms with van der Waals surface area (Å²) >= 11 is 0. The first-order chi connectivity index (χ1) is 7.10. The monoisotopic (exact) mass is 219 g/mol. The van der Waals surface area contributed by atoms with Gasteiger partial charge >= 0.3 is 0 Å². The van der Waals surface area contributed by atoms with E-state index in [1.807, 2.05) is 27.7 Å². The summed E-state index contributed by atoms with van der Waals surface area (Å²) in [6, 6.07) is 0. The SMILES string of the molecule is CCOC(C)COC(C)COC(C)CN. The van der Waals surface area contributed by atoms with Crippen molar-refractivity contribution >= 4 is 0 Å². The number of ether oxygens (including phenoxy) is 3. The summed E-state index contributed by atoms with van der Waals surface area (Å²) < 4.78 is 16.4. The van der Waals surface area contributed by atoms with Crippen LogP contribution in [0.25, 0.3) is 0 Å². The van der Waals surface area contributed by atoms with Gasteiger partial charge in [-0.25, -0.2) is 0 Å². The highest BCUT2D eigenvalue weighted by Crippen LogP contribution is 1.99. The van der Waals surface area contributed by atoms with Gasteiger partial charge in [0.05, 0.1) is 31.5 Å². The summed E-state index contributed by atoms with van der Waals surface area (Å²) in [7, 11) is 0. The smallest absolute Gasteiger partial charge is 0.0781 e. The fraction of sp³-hybridized carbons (Fsp3) is 1.00. The zero-order chi connectivity index (χ0) is 11.7. The van der Waals surface area contributed by atoms with Gasteiger partial charge in [-0.1, -0.05) is 0 Å². The summed E-state index contributed by atoms with van der Waals surface area (Å²) in [6.07, 6.45) is 0.326. The fourth-order valence-corrected chi connectivity index (χ4v) is 1.05. The maximum Gasteiger partial charge on any atom is 0.0781 e. The molecule has 4 heteroatoms. The van der Waals surface area contributed by atoms with E-state index in [0.717, 1.165) is 6.61 Å². The molecule has 15 heavy (non-hydrogen) atoms. The van der Waals surface area contributed by atoms with Crippen molar-refractivity contribution in [2.75, 3.05) is 26.4 Å². The molecule has 0 aliphatic heterocycles. The molecule has 0 aromatic heterocycles. The lowest BCUT2D eigenvalue weighted by Crippen LogP contribution is -2.27. The number of hydrogen-bond acceptors (Lipinski definition) is 4. The summed E-state index contributed by atoms with van der Waals surface area (Å²) in [5, 5.41) is 0. The van der Waals surface area contributed by atoms with Gasteiger partial charge in [-0.3, -0.25) is 0 Å². The van der Waals surface area contributed by atoms with Crippen molar-refractivity contribution in [3.05, 3.63) is 0 Å². The number of hydrogen-bond donors (Lipinski definition) is 1. The Bertz CT molecular complexity index is 144. The molecule has 0 aromatic rings. The highest BCUT2D eigenvalue weighted by atomic mass is 16.6. The van der Waals surface area contributed by atoms with Gasteiger partial charge in [0, 0.05) is 13.2 Å². The van der Waals surface area contributed by atoms with E-state index in [0.29, 0.717) is 19.8 Å². The molecular weight excluding hydrogens is 194 g/mol. The van der Waals surface area contributed by atoms with Crippen LogP contribution in [0.2, 0.25) is 0 Å². The lowest BCUT2D eigenvalue weighted by atomic mass is 10.4. The van der Waals surface area contributed by atoms with Crippen LogP contribution in [0.15, 0.2) is 0 Å². The van der Waals surface area contributed by atoms with Crippen molar-refractivity contribution in [2.24, 2.45) is 5.73 Å². The van der Waals surface area contributed by atoms with Crippen molar-refractivity contribution in [1.82, 2.24) is 0 Å². The van der Waals surface area contributed by atoms with E-state index in [1.165, 1.54) is 0 Å². The Hall–Kier alpha value is -0.160. The molecule has 0 saturated carbocycles. The van der Waals surface area contributed by atoms with Gasteiger partial charge in [0.15, 0.2) is 0 Å². The zero-order valence-corrected chi connectivity index (χ0v) is 10.4. The third kappa shape index (κ3) is 8.81. The molecule has 0 spiro atoms. The maximum absolute atomic E-state index is 5.56. The van der Waals surface area contributed by atoms with Crippen molar-refractivity contribution in [3.8, 4) is 0 Å². The van der Waals surface area contributed by atoms with E-state index in [9.17, 15) is 0 Å². The van der Waals surface area contributed by atoms with E-state index in [1.54, 1.807) is 0 Å². The average molecular weight is 219 g/mol. The van der Waals surface area contributed by atoms with Crippen LogP contribution in [0.3, 0.4) is 0 Å². The zero-order valence-electron chi connectivity index (χ0n) is 10.4. The third-order valence-electron chi connectivity index (χ3n) is 2.01. The number of rotatable bonds is 9. The Morgan fingerprint density at radius 3 is 1.80 bits per heavy atom. The Balaban J connectivity index is 3.44. The van der Waals surface area contributed by atoms with Gasteiger partial charge in [0.25, 0.3) is 0 Å². The molecule has 3 atom stereocenters. The van der Waals surface area contributed by atoms with E-state index in [-0.39, 0.29) is 18.3 Å². The lowest BCUT2D eigenvalue weighted by Gasteiger charge is -2.19. The molecular formula is C11H25NO3. The minimum absolute atomic E-state index is 0.0851. The predicted molar refractivity (Wildman–Crippen MR) is 61.0 cm³/mol. The van der Waals surface area contributed by atoms with Gasteiger partial charge in [-0.05, 0) is 27.7 Å². The van der Waals surface area contributed by atoms with Crippen molar-refractivity contribution in [1.29, 1.82) is 0 Å². The van der Waals surface area contributed by atoms with Crippen LogP contribution >= 0.6 is 0 Å². The van der Waals surface area contributed by atoms with E-state index >= 15 is 0 Å².